The molecule has 2 rings (SSSR count). The molecular weight excluding hydrogens is 210 g/mol. The normalized spacial score (nSPS) is 26.0. The van der Waals surface area contributed by atoms with Crippen molar-refractivity contribution >= 4 is 0 Å². The molecule has 0 amide bonds. The molecule has 2 nitrogen and oxygen atoms in total. The summed E-state index contributed by atoms with van der Waals surface area (Å²) in [6, 6.07) is 9.03. The molecule has 1 saturated heterocycles. The maximum atomic E-state index is 9.25. The Balaban J connectivity index is 1.90. The van der Waals surface area contributed by atoms with E-state index in [9.17, 15) is 5.11 Å². The predicted molar refractivity (Wildman–Crippen MR) is 71.3 cm³/mol. The Kier molecular flexibility index (Phi) is 4.06. The lowest BCUT2D eigenvalue weighted by atomic mass is 9.97. The van der Waals surface area contributed by atoms with E-state index < -0.39 is 0 Å². The molecule has 0 bridgehead atoms. The maximum Gasteiger partial charge on any atom is 0.115 e. The molecule has 0 aromatic heterocycles. The lowest BCUT2D eigenvalue weighted by Gasteiger charge is -2.39. The van der Waals surface area contributed by atoms with Crippen LogP contribution in [0.2, 0.25) is 0 Å². The SMILES string of the molecule is CC1CCCC(C)N1CCc1ccc(O)cc1. The lowest BCUT2D eigenvalue weighted by Crippen LogP contribution is -2.44. The van der Waals surface area contributed by atoms with Crippen LogP contribution in [0.4, 0.5) is 0 Å². The average molecular weight is 233 g/mol. The molecule has 1 heterocycles. The van der Waals surface area contributed by atoms with E-state index in [2.05, 4.69) is 18.7 Å². The van der Waals surface area contributed by atoms with Crippen molar-refractivity contribution in [2.75, 3.05) is 6.54 Å². The topological polar surface area (TPSA) is 23.5 Å². The Morgan fingerprint density at radius 3 is 2.29 bits per heavy atom. The Morgan fingerprint density at radius 2 is 1.71 bits per heavy atom. The van der Waals surface area contributed by atoms with E-state index >= 15 is 0 Å². The number of benzene rings is 1. The fourth-order valence-corrected chi connectivity index (χ4v) is 2.84. The van der Waals surface area contributed by atoms with Crippen LogP contribution in [-0.2, 0) is 6.42 Å². The van der Waals surface area contributed by atoms with Crippen molar-refractivity contribution in [2.24, 2.45) is 0 Å². The molecule has 1 aromatic rings. The van der Waals surface area contributed by atoms with Crippen molar-refractivity contribution in [1.29, 1.82) is 0 Å². The Bertz CT molecular complexity index is 336. The summed E-state index contributed by atoms with van der Waals surface area (Å²) in [5.41, 5.74) is 1.31. The number of piperidine rings is 1. The van der Waals surface area contributed by atoms with E-state index in [0.717, 1.165) is 25.0 Å². The molecule has 0 spiro atoms. The first-order chi connectivity index (χ1) is 8.16. The molecule has 2 unspecified atom stereocenters. The van der Waals surface area contributed by atoms with E-state index in [4.69, 9.17) is 0 Å². The van der Waals surface area contributed by atoms with Crippen LogP contribution < -0.4 is 0 Å². The zero-order valence-corrected chi connectivity index (χ0v) is 10.9. The van der Waals surface area contributed by atoms with Gasteiger partial charge in [0.25, 0.3) is 0 Å². The summed E-state index contributed by atoms with van der Waals surface area (Å²) in [5, 5.41) is 9.25. The quantitative estimate of drug-likeness (QED) is 0.866. The van der Waals surface area contributed by atoms with Gasteiger partial charge in [0.1, 0.15) is 5.75 Å². The number of hydrogen-bond donors (Lipinski definition) is 1. The van der Waals surface area contributed by atoms with Gasteiger partial charge in [-0.2, -0.15) is 0 Å². The first-order valence-electron chi connectivity index (χ1n) is 6.70. The minimum atomic E-state index is 0.355. The van der Waals surface area contributed by atoms with Crippen molar-refractivity contribution in [3.05, 3.63) is 29.8 Å². The largest absolute Gasteiger partial charge is 0.508 e. The second-order valence-electron chi connectivity index (χ2n) is 5.28. The predicted octanol–water partition coefficient (Wildman–Crippen LogP) is 3.20. The van der Waals surface area contributed by atoms with Crippen LogP contribution in [0.15, 0.2) is 24.3 Å². The number of phenolic OH excluding ortho intramolecular Hbond substituents is 1. The smallest absolute Gasteiger partial charge is 0.115 e. The van der Waals surface area contributed by atoms with E-state index in [0.29, 0.717) is 5.75 Å². The van der Waals surface area contributed by atoms with E-state index in [-0.39, 0.29) is 0 Å². The van der Waals surface area contributed by atoms with Crippen LogP contribution in [0.25, 0.3) is 0 Å². The zero-order valence-electron chi connectivity index (χ0n) is 10.9. The van der Waals surface area contributed by atoms with Crippen LogP contribution >= 0.6 is 0 Å². The van der Waals surface area contributed by atoms with Gasteiger partial charge in [-0.15, -0.1) is 0 Å². The molecule has 1 aliphatic heterocycles. The summed E-state index contributed by atoms with van der Waals surface area (Å²) in [7, 11) is 0. The van der Waals surface area contributed by atoms with Gasteiger partial charge in [-0.1, -0.05) is 18.6 Å². The zero-order chi connectivity index (χ0) is 12.3. The van der Waals surface area contributed by atoms with Gasteiger partial charge in [0.2, 0.25) is 0 Å². The van der Waals surface area contributed by atoms with E-state index in [1.165, 1.54) is 24.8 Å². The molecule has 2 heteroatoms. The number of likely N-dealkylation sites (tertiary alicyclic amines) is 1. The molecule has 0 aliphatic carbocycles. The monoisotopic (exact) mass is 233 g/mol. The van der Waals surface area contributed by atoms with Gasteiger partial charge < -0.3 is 5.11 Å². The van der Waals surface area contributed by atoms with Gasteiger partial charge in [0.05, 0.1) is 0 Å². The second-order valence-corrected chi connectivity index (χ2v) is 5.28. The molecule has 1 fully saturated rings. The minimum Gasteiger partial charge on any atom is -0.508 e. The fourth-order valence-electron chi connectivity index (χ4n) is 2.84. The summed E-state index contributed by atoms with van der Waals surface area (Å²) in [6.07, 6.45) is 5.12. The van der Waals surface area contributed by atoms with Gasteiger partial charge in [0, 0.05) is 18.6 Å². The summed E-state index contributed by atoms with van der Waals surface area (Å²) < 4.78 is 0. The van der Waals surface area contributed by atoms with E-state index in [1.807, 2.05) is 12.1 Å². The first-order valence-corrected chi connectivity index (χ1v) is 6.70. The third kappa shape index (κ3) is 3.22. The Labute approximate surface area is 104 Å². The first kappa shape index (κ1) is 12.4. The highest BCUT2D eigenvalue weighted by molar-refractivity contribution is 5.26. The van der Waals surface area contributed by atoms with Gasteiger partial charge in [-0.25, -0.2) is 0 Å². The van der Waals surface area contributed by atoms with Gasteiger partial charge in [-0.05, 0) is 50.8 Å². The summed E-state index contributed by atoms with van der Waals surface area (Å²) in [5.74, 6) is 0.355. The van der Waals surface area contributed by atoms with E-state index in [1.54, 1.807) is 12.1 Å². The van der Waals surface area contributed by atoms with Gasteiger partial charge >= 0.3 is 0 Å². The van der Waals surface area contributed by atoms with Crippen LogP contribution in [0.5, 0.6) is 5.75 Å². The van der Waals surface area contributed by atoms with Crippen LogP contribution in [-0.4, -0.2) is 28.6 Å². The van der Waals surface area contributed by atoms with Crippen LogP contribution in [0, 0.1) is 0 Å². The summed E-state index contributed by atoms with van der Waals surface area (Å²) in [4.78, 5) is 2.62. The van der Waals surface area contributed by atoms with Crippen molar-refractivity contribution in [3.8, 4) is 5.75 Å². The lowest BCUT2D eigenvalue weighted by molar-refractivity contribution is 0.105. The fraction of sp³-hybridized carbons (Fsp3) is 0.600. The molecule has 94 valence electrons. The molecule has 17 heavy (non-hydrogen) atoms. The van der Waals surface area contributed by atoms with Crippen molar-refractivity contribution in [1.82, 2.24) is 4.90 Å². The highest BCUT2D eigenvalue weighted by Gasteiger charge is 2.23. The average Bonchev–Trinajstić information content (AvgIpc) is 2.31. The molecular formula is C15H23NO. The molecule has 1 aromatic carbocycles. The number of aromatic hydroxyl groups is 1. The molecule has 1 N–H and O–H groups in total. The molecule has 1 aliphatic rings. The number of nitrogens with zero attached hydrogens (tertiary/aromatic N) is 1. The maximum absolute atomic E-state index is 9.25. The Morgan fingerprint density at radius 1 is 1.12 bits per heavy atom. The third-order valence-electron chi connectivity index (χ3n) is 3.97. The molecule has 0 radical (unpaired) electrons. The van der Waals surface area contributed by atoms with Crippen molar-refractivity contribution < 1.29 is 5.11 Å². The highest BCUT2D eigenvalue weighted by atomic mass is 16.3. The van der Waals surface area contributed by atoms with Crippen LogP contribution in [0.3, 0.4) is 0 Å². The summed E-state index contributed by atoms with van der Waals surface area (Å²) in [6.45, 7) is 5.81. The second kappa shape index (κ2) is 5.54. The molecule has 0 saturated carbocycles. The number of hydrogen-bond acceptors (Lipinski definition) is 2. The number of rotatable bonds is 3. The van der Waals surface area contributed by atoms with Crippen molar-refractivity contribution in [3.63, 3.8) is 0 Å². The Hall–Kier alpha value is -1.02. The van der Waals surface area contributed by atoms with Gasteiger partial charge in [0.15, 0.2) is 0 Å². The minimum absolute atomic E-state index is 0.355. The highest BCUT2D eigenvalue weighted by Crippen LogP contribution is 2.22. The summed E-state index contributed by atoms with van der Waals surface area (Å²) >= 11 is 0. The molecule has 2 atom stereocenters. The standard InChI is InChI=1S/C15H23NO/c1-12-4-3-5-13(2)16(12)11-10-14-6-8-15(17)9-7-14/h6-9,12-13,17H,3-5,10-11H2,1-2H3. The number of phenols is 1. The van der Waals surface area contributed by atoms with Crippen molar-refractivity contribution in [2.45, 2.75) is 51.6 Å². The van der Waals surface area contributed by atoms with Crippen LogP contribution in [0.1, 0.15) is 38.7 Å². The van der Waals surface area contributed by atoms with Gasteiger partial charge in [-0.3, -0.25) is 4.90 Å². The third-order valence-corrected chi connectivity index (χ3v) is 3.97.